The van der Waals surface area contributed by atoms with E-state index in [9.17, 15) is 29.7 Å². The Kier molecular flexibility index (Phi) is 10.8. The lowest BCUT2D eigenvalue weighted by atomic mass is 10.0. The van der Waals surface area contributed by atoms with E-state index >= 15 is 0 Å². The molecule has 0 aliphatic carbocycles. The molecule has 1 aromatic heterocycles. The lowest BCUT2D eigenvalue weighted by Gasteiger charge is -2.14. The van der Waals surface area contributed by atoms with Gasteiger partial charge in [-0.2, -0.15) is 0 Å². The molecule has 10 heteroatoms. The molecule has 0 saturated heterocycles. The van der Waals surface area contributed by atoms with E-state index in [1.807, 2.05) is 0 Å². The Bertz CT molecular complexity index is 1330. The molecule has 1 amide bonds. The molecule has 0 radical (unpaired) electrons. The summed E-state index contributed by atoms with van der Waals surface area (Å²) >= 11 is 0. The van der Waals surface area contributed by atoms with Gasteiger partial charge in [0.25, 0.3) is 5.91 Å². The number of hydrogen-bond acceptors (Lipinski definition) is 7. The van der Waals surface area contributed by atoms with Crippen molar-refractivity contribution in [2.75, 3.05) is 0 Å². The Morgan fingerprint density at radius 1 is 0.846 bits per heavy atom. The molecule has 39 heavy (non-hydrogen) atoms. The van der Waals surface area contributed by atoms with Gasteiger partial charge in [0, 0.05) is 23.6 Å². The molecular weight excluding hydrogens is 502 g/mol. The number of carboxylic acid groups (broad SMARTS) is 2. The number of hydrogen-bond donors (Lipinski definition) is 5. The number of fused-ring (bicyclic) bond motifs is 2. The third-order valence-corrected chi connectivity index (χ3v) is 6.82. The van der Waals surface area contributed by atoms with Gasteiger partial charge in [0.05, 0.1) is 22.1 Å². The first kappa shape index (κ1) is 29.6. The van der Waals surface area contributed by atoms with Gasteiger partial charge in [0.15, 0.2) is 11.5 Å². The Labute approximate surface area is 227 Å². The number of carbonyl (C=O) groups excluding carboxylic acids is 1. The molecule has 0 fully saturated rings. The first-order valence-corrected chi connectivity index (χ1v) is 13.6. The Morgan fingerprint density at radius 3 is 2.15 bits per heavy atom. The highest BCUT2D eigenvalue weighted by Crippen LogP contribution is 2.36. The predicted molar refractivity (Wildman–Crippen MR) is 147 cm³/mol. The van der Waals surface area contributed by atoms with Crippen LogP contribution < -0.4 is 5.32 Å². The molecule has 0 aliphatic heterocycles. The molecule has 10 nitrogen and oxygen atoms in total. The summed E-state index contributed by atoms with van der Waals surface area (Å²) in [6, 6.07) is 4.49. The number of nitrogens with zero attached hydrogens (tertiary/aromatic N) is 2. The van der Waals surface area contributed by atoms with Crippen LogP contribution in [0.15, 0.2) is 24.3 Å². The van der Waals surface area contributed by atoms with Crippen molar-refractivity contribution in [1.29, 1.82) is 0 Å². The molecule has 2 aromatic carbocycles. The van der Waals surface area contributed by atoms with Crippen molar-refractivity contribution in [2.45, 2.75) is 90.0 Å². The van der Waals surface area contributed by atoms with Crippen LogP contribution in [0.1, 0.15) is 93.5 Å². The fourth-order valence-corrected chi connectivity index (χ4v) is 4.61. The van der Waals surface area contributed by atoms with E-state index in [4.69, 9.17) is 5.11 Å². The van der Waals surface area contributed by atoms with Gasteiger partial charge in [-0.15, -0.1) is 0 Å². The second-order valence-electron chi connectivity index (χ2n) is 9.89. The van der Waals surface area contributed by atoms with E-state index in [2.05, 4.69) is 22.2 Å². The highest BCUT2D eigenvalue weighted by molar-refractivity contribution is 6.00. The second-order valence-corrected chi connectivity index (χ2v) is 9.89. The number of benzene rings is 2. The minimum Gasteiger partial charge on any atom is -0.504 e. The van der Waals surface area contributed by atoms with Crippen molar-refractivity contribution in [3.63, 3.8) is 0 Å². The van der Waals surface area contributed by atoms with Crippen LogP contribution in [-0.2, 0) is 16.0 Å². The molecule has 210 valence electrons. The summed E-state index contributed by atoms with van der Waals surface area (Å²) in [6.45, 7) is 2.21. The number of rotatable bonds is 16. The van der Waals surface area contributed by atoms with Gasteiger partial charge >= 0.3 is 11.9 Å². The van der Waals surface area contributed by atoms with Gasteiger partial charge in [0.1, 0.15) is 6.04 Å². The van der Waals surface area contributed by atoms with Crippen molar-refractivity contribution in [2.24, 2.45) is 0 Å². The van der Waals surface area contributed by atoms with Gasteiger partial charge in [-0.1, -0.05) is 58.3 Å². The average molecular weight is 540 g/mol. The molecule has 3 aromatic rings. The third kappa shape index (κ3) is 8.27. The van der Waals surface area contributed by atoms with Crippen molar-refractivity contribution in [1.82, 2.24) is 15.3 Å². The molecule has 0 saturated carbocycles. The summed E-state index contributed by atoms with van der Waals surface area (Å²) in [6.07, 6.45) is 10.3. The van der Waals surface area contributed by atoms with Crippen LogP contribution in [0.4, 0.5) is 0 Å². The molecule has 5 N–H and O–H groups in total. The number of phenolic OH excluding ortho intramolecular Hbond substituents is 2. The summed E-state index contributed by atoms with van der Waals surface area (Å²) < 4.78 is 0. The van der Waals surface area contributed by atoms with E-state index in [0.717, 1.165) is 19.3 Å². The van der Waals surface area contributed by atoms with E-state index in [1.165, 1.54) is 56.7 Å². The van der Waals surface area contributed by atoms with Crippen LogP contribution >= 0.6 is 0 Å². The van der Waals surface area contributed by atoms with Crippen molar-refractivity contribution in [3.05, 3.63) is 35.4 Å². The summed E-state index contributed by atoms with van der Waals surface area (Å²) in [5.41, 5.74) is 2.34. The van der Waals surface area contributed by atoms with Gasteiger partial charge < -0.3 is 25.7 Å². The van der Waals surface area contributed by atoms with Crippen LogP contribution in [0.25, 0.3) is 22.1 Å². The third-order valence-electron chi connectivity index (χ3n) is 6.82. The van der Waals surface area contributed by atoms with E-state index < -0.39 is 30.3 Å². The number of unbranched alkanes of at least 4 members (excludes halogenated alkanes) is 8. The van der Waals surface area contributed by atoms with Crippen LogP contribution in [0.2, 0.25) is 0 Å². The van der Waals surface area contributed by atoms with E-state index in [1.54, 1.807) is 6.07 Å². The van der Waals surface area contributed by atoms with Gasteiger partial charge in [0.2, 0.25) is 0 Å². The monoisotopic (exact) mass is 539 g/mol. The summed E-state index contributed by atoms with van der Waals surface area (Å²) in [5.74, 6) is -3.66. The van der Waals surface area contributed by atoms with Gasteiger partial charge in [-0.05, 0) is 37.5 Å². The minimum atomic E-state index is -1.35. The molecule has 0 aliphatic rings. The van der Waals surface area contributed by atoms with Crippen molar-refractivity contribution >= 4 is 39.9 Å². The van der Waals surface area contributed by atoms with Crippen molar-refractivity contribution in [3.8, 4) is 11.5 Å². The molecule has 0 spiro atoms. The zero-order valence-electron chi connectivity index (χ0n) is 22.3. The van der Waals surface area contributed by atoms with Gasteiger partial charge in [-0.3, -0.25) is 9.59 Å². The predicted octanol–water partition coefficient (Wildman–Crippen LogP) is 5.32. The standard InChI is InChI=1S/C29H37N3O7/c1-2-3-4-5-6-7-8-9-10-11-19-26-23(17-24(33)27(19)36)30-22-16-18(12-13-20(22)31-26)28(37)32-21(29(38)39)14-15-25(34)35/h12-13,16-17,21,33,36H,2-11,14-15H2,1H3,(H,32,37)(H,34,35)(H,38,39). The number of phenols is 2. The minimum absolute atomic E-state index is 0.135. The fourth-order valence-electron chi connectivity index (χ4n) is 4.61. The number of nitrogens with one attached hydrogen (secondary N) is 1. The average Bonchev–Trinajstić information content (AvgIpc) is 2.90. The Hall–Kier alpha value is -3.95. The maximum absolute atomic E-state index is 12.7. The number of aromatic nitrogens is 2. The molecular formula is C29H37N3O7. The molecule has 3 rings (SSSR count). The lowest BCUT2D eigenvalue weighted by Crippen LogP contribution is -2.41. The Morgan fingerprint density at radius 2 is 1.51 bits per heavy atom. The fraction of sp³-hybridized carbons (Fsp3) is 0.483. The SMILES string of the molecule is CCCCCCCCCCCc1c(O)c(O)cc2nc3cc(C(=O)NC(CCC(=O)O)C(=O)O)ccc3nc12. The quantitative estimate of drug-likeness (QED) is 0.0918. The van der Waals surface area contributed by atoms with Crippen molar-refractivity contribution < 1.29 is 34.8 Å². The summed E-state index contributed by atoms with van der Waals surface area (Å²) in [7, 11) is 0. The maximum atomic E-state index is 12.7. The maximum Gasteiger partial charge on any atom is 0.326 e. The number of aromatic hydroxyl groups is 2. The Balaban J connectivity index is 1.74. The summed E-state index contributed by atoms with van der Waals surface area (Å²) in [5, 5.41) is 41.4. The molecule has 0 bridgehead atoms. The highest BCUT2D eigenvalue weighted by Gasteiger charge is 2.22. The van der Waals surface area contributed by atoms with E-state index in [0.29, 0.717) is 34.1 Å². The summed E-state index contributed by atoms with van der Waals surface area (Å²) in [4.78, 5) is 44.1. The largest absolute Gasteiger partial charge is 0.504 e. The smallest absolute Gasteiger partial charge is 0.326 e. The molecule has 1 heterocycles. The topological polar surface area (TPSA) is 170 Å². The number of amides is 1. The first-order valence-electron chi connectivity index (χ1n) is 13.6. The highest BCUT2D eigenvalue weighted by atomic mass is 16.4. The zero-order chi connectivity index (χ0) is 28.4. The van der Waals surface area contributed by atoms with Crippen LogP contribution in [0.3, 0.4) is 0 Å². The zero-order valence-corrected chi connectivity index (χ0v) is 22.3. The number of aliphatic carboxylic acids is 2. The van der Waals surface area contributed by atoms with Crippen LogP contribution in [-0.4, -0.2) is 54.3 Å². The number of carbonyl (C=O) groups is 3. The number of carboxylic acids is 2. The lowest BCUT2D eigenvalue weighted by molar-refractivity contribution is -0.140. The molecule has 1 atom stereocenters. The van der Waals surface area contributed by atoms with E-state index in [-0.39, 0.29) is 23.5 Å². The number of aryl methyl sites for hydroxylation is 1. The first-order chi connectivity index (χ1) is 18.7. The van der Waals surface area contributed by atoms with Gasteiger partial charge in [-0.25, -0.2) is 14.8 Å². The van der Waals surface area contributed by atoms with Crippen LogP contribution in [0, 0.1) is 0 Å². The normalized spacial score (nSPS) is 12.0. The second kappa shape index (κ2) is 14.3. The van der Waals surface area contributed by atoms with Crippen LogP contribution in [0.5, 0.6) is 11.5 Å². The molecule has 1 unspecified atom stereocenters.